The van der Waals surface area contributed by atoms with E-state index in [4.69, 9.17) is 0 Å². The van der Waals surface area contributed by atoms with Crippen LogP contribution in [0.1, 0.15) is 71.6 Å². The molecule has 1 saturated heterocycles. The van der Waals surface area contributed by atoms with Crippen molar-refractivity contribution in [2.24, 2.45) is 11.8 Å². The van der Waals surface area contributed by atoms with Gasteiger partial charge < -0.3 is 5.32 Å². The fraction of sp³-hybridized carbons (Fsp3) is 1.00. The molecule has 0 radical (unpaired) electrons. The van der Waals surface area contributed by atoms with Crippen molar-refractivity contribution in [1.82, 2.24) is 10.2 Å². The standard InChI is InChI=1S/C18H34N2/c1-3-17(15-8-5-4-6-9-15)20-13-7-12-19-18(2,14-20)16-10-11-16/h15-17,19H,3-14H2,1-2H3. The van der Waals surface area contributed by atoms with Gasteiger partial charge in [0.25, 0.3) is 0 Å². The molecule has 2 unspecified atom stereocenters. The van der Waals surface area contributed by atoms with Gasteiger partial charge in [-0.05, 0) is 70.4 Å². The van der Waals surface area contributed by atoms with Crippen molar-refractivity contribution in [2.75, 3.05) is 19.6 Å². The van der Waals surface area contributed by atoms with E-state index in [0.717, 1.165) is 17.9 Å². The second-order valence-corrected chi connectivity index (χ2v) is 7.82. The number of rotatable bonds is 4. The van der Waals surface area contributed by atoms with Crippen LogP contribution in [0.4, 0.5) is 0 Å². The summed E-state index contributed by atoms with van der Waals surface area (Å²) in [6.07, 6.45) is 13.0. The minimum atomic E-state index is 0.401. The average molecular weight is 278 g/mol. The predicted octanol–water partition coefficient (Wildman–Crippen LogP) is 3.81. The first-order chi connectivity index (χ1) is 9.73. The Labute approximate surface area is 125 Å². The maximum Gasteiger partial charge on any atom is 0.0308 e. The smallest absolute Gasteiger partial charge is 0.0308 e. The lowest BCUT2D eigenvalue weighted by Crippen LogP contribution is -2.54. The number of hydrogen-bond acceptors (Lipinski definition) is 2. The Morgan fingerprint density at radius 2 is 1.85 bits per heavy atom. The minimum Gasteiger partial charge on any atom is -0.310 e. The first-order valence-corrected chi connectivity index (χ1v) is 9.22. The molecule has 0 bridgehead atoms. The topological polar surface area (TPSA) is 15.3 Å². The fourth-order valence-electron chi connectivity index (χ4n) is 4.90. The summed E-state index contributed by atoms with van der Waals surface area (Å²) >= 11 is 0. The van der Waals surface area contributed by atoms with Gasteiger partial charge >= 0.3 is 0 Å². The molecule has 3 aliphatic rings. The first kappa shape index (κ1) is 14.8. The Bertz CT molecular complexity index is 307. The van der Waals surface area contributed by atoms with Gasteiger partial charge in [0.05, 0.1) is 0 Å². The molecule has 3 rings (SSSR count). The van der Waals surface area contributed by atoms with E-state index in [-0.39, 0.29) is 0 Å². The van der Waals surface area contributed by atoms with Gasteiger partial charge in [-0.2, -0.15) is 0 Å². The van der Waals surface area contributed by atoms with Crippen LogP contribution in [0.25, 0.3) is 0 Å². The molecule has 2 saturated carbocycles. The molecular formula is C18H34N2. The maximum absolute atomic E-state index is 3.89. The normalized spacial score (nSPS) is 35.7. The van der Waals surface area contributed by atoms with Crippen LogP contribution in [0.3, 0.4) is 0 Å². The van der Waals surface area contributed by atoms with Gasteiger partial charge in [-0.25, -0.2) is 0 Å². The van der Waals surface area contributed by atoms with Crippen molar-refractivity contribution >= 4 is 0 Å². The lowest BCUT2D eigenvalue weighted by molar-refractivity contribution is 0.0898. The molecule has 0 aromatic heterocycles. The molecule has 2 nitrogen and oxygen atoms in total. The van der Waals surface area contributed by atoms with Crippen LogP contribution in [0.15, 0.2) is 0 Å². The Morgan fingerprint density at radius 3 is 2.50 bits per heavy atom. The highest BCUT2D eigenvalue weighted by molar-refractivity contribution is 5.02. The van der Waals surface area contributed by atoms with Crippen molar-refractivity contribution < 1.29 is 0 Å². The summed E-state index contributed by atoms with van der Waals surface area (Å²) < 4.78 is 0. The molecule has 2 atom stereocenters. The highest BCUT2D eigenvalue weighted by atomic mass is 15.2. The summed E-state index contributed by atoms with van der Waals surface area (Å²) in [6, 6.07) is 0.855. The second-order valence-electron chi connectivity index (χ2n) is 7.82. The summed E-state index contributed by atoms with van der Waals surface area (Å²) in [7, 11) is 0. The monoisotopic (exact) mass is 278 g/mol. The number of nitrogens with zero attached hydrogens (tertiary/aromatic N) is 1. The molecule has 20 heavy (non-hydrogen) atoms. The predicted molar refractivity (Wildman–Crippen MR) is 86.0 cm³/mol. The van der Waals surface area contributed by atoms with Gasteiger partial charge in [-0.15, -0.1) is 0 Å². The van der Waals surface area contributed by atoms with Crippen molar-refractivity contribution in [3.63, 3.8) is 0 Å². The number of nitrogens with one attached hydrogen (secondary N) is 1. The van der Waals surface area contributed by atoms with Crippen LogP contribution in [0, 0.1) is 11.8 Å². The summed E-state index contributed by atoms with van der Waals surface area (Å²) in [5.74, 6) is 1.93. The largest absolute Gasteiger partial charge is 0.310 e. The van der Waals surface area contributed by atoms with E-state index in [1.807, 2.05) is 0 Å². The van der Waals surface area contributed by atoms with Crippen LogP contribution in [0.5, 0.6) is 0 Å². The lowest BCUT2D eigenvalue weighted by Gasteiger charge is -2.42. The first-order valence-electron chi connectivity index (χ1n) is 9.22. The lowest BCUT2D eigenvalue weighted by atomic mass is 9.81. The molecule has 1 heterocycles. The van der Waals surface area contributed by atoms with Crippen LogP contribution in [-0.4, -0.2) is 36.1 Å². The Hall–Kier alpha value is -0.0800. The summed E-state index contributed by atoms with van der Waals surface area (Å²) in [4.78, 5) is 2.88. The van der Waals surface area contributed by atoms with Crippen molar-refractivity contribution in [3.05, 3.63) is 0 Å². The van der Waals surface area contributed by atoms with Crippen molar-refractivity contribution in [1.29, 1.82) is 0 Å². The Kier molecular flexibility index (Phi) is 4.72. The summed E-state index contributed by atoms with van der Waals surface area (Å²) in [6.45, 7) is 8.77. The van der Waals surface area contributed by atoms with Gasteiger partial charge in [-0.3, -0.25) is 4.90 Å². The van der Waals surface area contributed by atoms with E-state index in [1.165, 1.54) is 77.4 Å². The second kappa shape index (κ2) is 6.36. The highest BCUT2D eigenvalue weighted by Crippen LogP contribution is 2.41. The zero-order chi connectivity index (χ0) is 14.0. The molecule has 0 aromatic rings. The van der Waals surface area contributed by atoms with Gasteiger partial charge in [-0.1, -0.05) is 26.2 Å². The molecule has 1 N–H and O–H groups in total. The van der Waals surface area contributed by atoms with Crippen LogP contribution >= 0.6 is 0 Å². The minimum absolute atomic E-state index is 0.401. The molecule has 3 fully saturated rings. The molecular weight excluding hydrogens is 244 g/mol. The Morgan fingerprint density at radius 1 is 1.10 bits per heavy atom. The molecule has 0 amide bonds. The van der Waals surface area contributed by atoms with E-state index < -0.39 is 0 Å². The molecule has 1 aliphatic heterocycles. The zero-order valence-electron chi connectivity index (χ0n) is 13.7. The third-order valence-corrected chi connectivity index (χ3v) is 6.24. The summed E-state index contributed by atoms with van der Waals surface area (Å²) in [5, 5.41) is 3.89. The fourth-order valence-corrected chi connectivity index (χ4v) is 4.90. The molecule has 2 heteroatoms. The van der Waals surface area contributed by atoms with Gasteiger partial charge in [0.2, 0.25) is 0 Å². The van der Waals surface area contributed by atoms with Crippen molar-refractivity contribution in [2.45, 2.75) is 83.2 Å². The van der Waals surface area contributed by atoms with E-state index >= 15 is 0 Å². The van der Waals surface area contributed by atoms with Gasteiger partial charge in [0.1, 0.15) is 0 Å². The third-order valence-electron chi connectivity index (χ3n) is 6.24. The molecule has 116 valence electrons. The van der Waals surface area contributed by atoms with Crippen LogP contribution in [0.2, 0.25) is 0 Å². The zero-order valence-corrected chi connectivity index (χ0v) is 13.7. The maximum atomic E-state index is 3.89. The summed E-state index contributed by atoms with van der Waals surface area (Å²) in [5.41, 5.74) is 0.401. The Balaban J connectivity index is 1.68. The van der Waals surface area contributed by atoms with Gasteiger partial charge in [0, 0.05) is 18.1 Å². The molecule has 2 aliphatic carbocycles. The quantitative estimate of drug-likeness (QED) is 0.841. The highest BCUT2D eigenvalue weighted by Gasteiger charge is 2.44. The average Bonchev–Trinajstić information content (AvgIpc) is 3.29. The van der Waals surface area contributed by atoms with Crippen LogP contribution in [-0.2, 0) is 0 Å². The molecule has 0 spiro atoms. The van der Waals surface area contributed by atoms with E-state index in [9.17, 15) is 0 Å². The van der Waals surface area contributed by atoms with Crippen LogP contribution < -0.4 is 5.32 Å². The third kappa shape index (κ3) is 3.22. The SMILES string of the molecule is CCC(C1CCCCC1)N1CCCNC(C)(C2CC2)C1. The van der Waals surface area contributed by atoms with Gasteiger partial charge in [0.15, 0.2) is 0 Å². The van der Waals surface area contributed by atoms with E-state index in [2.05, 4.69) is 24.1 Å². The van der Waals surface area contributed by atoms with Crippen molar-refractivity contribution in [3.8, 4) is 0 Å². The van der Waals surface area contributed by atoms with E-state index in [1.54, 1.807) is 0 Å². The van der Waals surface area contributed by atoms with E-state index in [0.29, 0.717) is 5.54 Å². The number of hydrogen-bond donors (Lipinski definition) is 1. The molecule has 0 aromatic carbocycles.